The Hall–Kier alpha value is -5.17. The summed E-state index contributed by atoms with van der Waals surface area (Å²) in [6.45, 7) is 2.04. The number of aromatic nitrogens is 1. The second-order valence-electron chi connectivity index (χ2n) is 13.8. The van der Waals surface area contributed by atoms with E-state index in [-0.39, 0.29) is 43.1 Å². The van der Waals surface area contributed by atoms with Gasteiger partial charge in [0.05, 0.1) is 7.11 Å². The highest BCUT2D eigenvalue weighted by Gasteiger charge is 2.57. The van der Waals surface area contributed by atoms with Gasteiger partial charge in [-0.3, -0.25) is 29.0 Å². The molecule has 5 amide bonds. The summed E-state index contributed by atoms with van der Waals surface area (Å²) in [7, 11) is 6.03. The lowest BCUT2D eigenvalue weighted by Crippen LogP contribution is -2.67. The van der Waals surface area contributed by atoms with Crippen molar-refractivity contribution in [1.29, 1.82) is 0 Å². The topological polar surface area (TPSA) is 131 Å². The van der Waals surface area contributed by atoms with Crippen LogP contribution < -0.4 is 19.8 Å². The zero-order chi connectivity index (χ0) is 35.3. The highest BCUT2D eigenvalue weighted by Crippen LogP contribution is 2.48. The van der Waals surface area contributed by atoms with Crippen molar-refractivity contribution in [2.75, 3.05) is 61.2 Å². The number of benzene rings is 2. The largest absolute Gasteiger partial charge is 0.492 e. The second kappa shape index (κ2) is 12.9. The fraction of sp³-hybridized carbons (Fsp3) is 0.432. The number of methoxy groups -OCH3 is 1. The first kappa shape index (κ1) is 33.3. The number of imide groups is 2. The molecule has 0 radical (unpaired) electrons. The van der Waals surface area contributed by atoms with Crippen LogP contribution in [0, 0.1) is 11.3 Å². The Morgan fingerprint density at radius 2 is 1.70 bits per heavy atom. The third-order valence-corrected chi connectivity index (χ3v) is 10.6. The molecule has 4 aliphatic heterocycles. The second-order valence-corrected chi connectivity index (χ2v) is 13.8. The number of carbonyl (C=O) groups is 4. The quantitative estimate of drug-likeness (QED) is 0.313. The third kappa shape index (κ3) is 5.59. The molecule has 262 valence electrons. The van der Waals surface area contributed by atoms with Crippen LogP contribution in [0.2, 0.25) is 0 Å². The third-order valence-electron chi connectivity index (χ3n) is 10.6. The van der Waals surface area contributed by atoms with Crippen LogP contribution in [-0.4, -0.2) is 109 Å². The standard InChI is InChI=1S/C37H41N5O8/c1-38(33(44)24-9-6-5-7-10-24)14-13-25-16-29-32(50-22-49-29)31(48-4)27(25)17-37(34(45)39(2)36(47)40(3)35(37)46)21-41-18-23-15-26(20-41)28-11-8-12-30(43)42(28)19-23/h5-12,16,23,26H,13-15,17-22H2,1-4H3/t23-,26+/m0/s1. The maximum Gasteiger partial charge on any atom is 0.332 e. The molecule has 0 N–H and O–H groups in total. The van der Waals surface area contributed by atoms with E-state index in [1.807, 2.05) is 34.9 Å². The number of piperidine rings is 1. The van der Waals surface area contributed by atoms with Gasteiger partial charge in [-0.05, 0) is 48.6 Å². The zero-order valence-corrected chi connectivity index (χ0v) is 28.7. The zero-order valence-electron chi connectivity index (χ0n) is 28.7. The van der Waals surface area contributed by atoms with Crippen molar-refractivity contribution < 1.29 is 33.4 Å². The maximum absolute atomic E-state index is 14.5. The molecule has 0 spiro atoms. The first-order valence-electron chi connectivity index (χ1n) is 16.8. The van der Waals surface area contributed by atoms with Gasteiger partial charge in [0, 0.05) is 89.1 Å². The Morgan fingerprint density at radius 3 is 2.42 bits per heavy atom. The van der Waals surface area contributed by atoms with Crippen molar-refractivity contribution in [2.45, 2.75) is 31.7 Å². The summed E-state index contributed by atoms with van der Waals surface area (Å²) in [6, 6.07) is 15.5. The Balaban J connectivity index is 1.27. The van der Waals surface area contributed by atoms with Gasteiger partial charge in [0.1, 0.15) is 5.41 Å². The summed E-state index contributed by atoms with van der Waals surface area (Å²) in [5.41, 5.74) is 1.09. The highest BCUT2D eigenvalue weighted by atomic mass is 16.7. The summed E-state index contributed by atoms with van der Waals surface area (Å²) < 4.78 is 19.4. The van der Waals surface area contributed by atoms with E-state index in [0.717, 1.165) is 27.5 Å². The Labute approximate surface area is 289 Å². The number of rotatable bonds is 9. The van der Waals surface area contributed by atoms with Gasteiger partial charge in [-0.1, -0.05) is 24.3 Å². The van der Waals surface area contributed by atoms with Crippen LogP contribution in [0.1, 0.15) is 39.5 Å². The summed E-state index contributed by atoms with van der Waals surface area (Å²) in [5.74, 6) is 0.0480. The molecule has 2 aromatic carbocycles. The molecule has 13 heteroatoms. The van der Waals surface area contributed by atoms with Crippen LogP contribution in [0.3, 0.4) is 0 Å². The SMILES string of the molecule is COc1c(CC2(CN3C[C@@H]4C[C@H](C3)c3cccc(=O)n3C4)C(=O)N(C)C(=O)N(C)C2=O)c(CCN(C)C(=O)c2ccccc2)cc2c1OCO2. The van der Waals surface area contributed by atoms with Crippen molar-refractivity contribution in [3.8, 4) is 17.2 Å². The molecular formula is C37H41N5O8. The van der Waals surface area contributed by atoms with Gasteiger partial charge in [-0.2, -0.15) is 0 Å². The van der Waals surface area contributed by atoms with Crippen LogP contribution in [-0.2, 0) is 29.0 Å². The predicted molar refractivity (Wildman–Crippen MR) is 181 cm³/mol. The van der Waals surface area contributed by atoms with Gasteiger partial charge >= 0.3 is 6.03 Å². The van der Waals surface area contributed by atoms with Gasteiger partial charge in [0.25, 0.3) is 11.5 Å². The molecule has 2 fully saturated rings. The molecule has 13 nitrogen and oxygen atoms in total. The average molecular weight is 684 g/mol. The number of fused-ring (bicyclic) bond motifs is 5. The molecule has 7 rings (SSSR count). The first-order chi connectivity index (χ1) is 24.0. The number of likely N-dealkylation sites (N-methyl/N-ethyl adjacent to an activating group) is 1. The van der Waals surface area contributed by atoms with Crippen molar-refractivity contribution in [2.24, 2.45) is 11.3 Å². The molecule has 0 saturated carbocycles. The van der Waals surface area contributed by atoms with E-state index in [2.05, 4.69) is 4.90 Å². The van der Waals surface area contributed by atoms with Crippen molar-refractivity contribution in [3.63, 3.8) is 0 Å². The number of urea groups is 1. The van der Waals surface area contributed by atoms with Gasteiger partial charge in [0.2, 0.25) is 24.4 Å². The van der Waals surface area contributed by atoms with Crippen LogP contribution >= 0.6 is 0 Å². The smallest absolute Gasteiger partial charge is 0.332 e. The molecule has 2 atom stereocenters. The van der Waals surface area contributed by atoms with Crippen LogP contribution in [0.15, 0.2) is 59.4 Å². The molecule has 0 aliphatic carbocycles. The van der Waals surface area contributed by atoms with E-state index in [0.29, 0.717) is 61.0 Å². The van der Waals surface area contributed by atoms with Crippen molar-refractivity contribution >= 4 is 23.8 Å². The lowest BCUT2D eigenvalue weighted by molar-refractivity contribution is -0.159. The van der Waals surface area contributed by atoms with E-state index < -0.39 is 23.3 Å². The van der Waals surface area contributed by atoms with Crippen LogP contribution in [0.4, 0.5) is 4.79 Å². The van der Waals surface area contributed by atoms with Gasteiger partial charge in [0.15, 0.2) is 11.5 Å². The minimum Gasteiger partial charge on any atom is -0.492 e. The Kier molecular flexibility index (Phi) is 8.63. The number of carbonyl (C=O) groups excluding carboxylic acids is 4. The molecular weight excluding hydrogens is 642 g/mol. The first-order valence-corrected chi connectivity index (χ1v) is 16.8. The normalized spacial score (nSPS) is 20.9. The highest BCUT2D eigenvalue weighted by molar-refractivity contribution is 6.19. The fourth-order valence-corrected chi connectivity index (χ4v) is 8.21. The Bertz CT molecular complexity index is 1900. The average Bonchev–Trinajstić information content (AvgIpc) is 3.60. The monoisotopic (exact) mass is 683 g/mol. The molecule has 3 aromatic rings. The Morgan fingerprint density at radius 1 is 0.960 bits per heavy atom. The number of barbiturate groups is 1. The van der Waals surface area contributed by atoms with Crippen molar-refractivity contribution in [3.05, 3.63) is 87.3 Å². The predicted octanol–water partition coefficient (Wildman–Crippen LogP) is 2.60. The number of hydrogen-bond acceptors (Lipinski definition) is 9. The number of amides is 5. The lowest BCUT2D eigenvalue weighted by atomic mass is 9.74. The van der Waals surface area contributed by atoms with E-state index in [4.69, 9.17) is 14.2 Å². The molecule has 4 aliphatic rings. The molecule has 1 aromatic heterocycles. The van der Waals surface area contributed by atoms with E-state index in [9.17, 15) is 24.0 Å². The summed E-state index contributed by atoms with van der Waals surface area (Å²) >= 11 is 0. The number of hydrogen-bond donors (Lipinski definition) is 0. The molecule has 0 unspecified atom stereocenters. The van der Waals surface area contributed by atoms with E-state index >= 15 is 0 Å². The number of ether oxygens (including phenoxy) is 3. The lowest BCUT2D eigenvalue weighted by Gasteiger charge is -2.48. The molecule has 2 saturated heterocycles. The number of pyridine rings is 1. The number of nitrogens with zero attached hydrogens (tertiary/aromatic N) is 5. The van der Waals surface area contributed by atoms with Gasteiger partial charge in [-0.25, -0.2) is 4.79 Å². The molecule has 5 heterocycles. The van der Waals surface area contributed by atoms with E-state index in [1.54, 1.807) is 36.2 Å². The molecule has 2 bridgehead atoms. The maximum atomic E-state index is 14.5. The summed E-state index contributed by atoms with van der Waals surface area (Å²) in [4.78, 5) is 73.7. The van der Waals surface area contributed by atoms with Gasteiger partial charge < -0.3 is 28.6 Å². The summed E-state index contributed by atoms with van der Waals surface area (Å²) in [6.07, 6.45) is 1.18. The minimum atomic E-state index is -1.69. The molecule has 50 heavy (non-hydrogen) atoms. The van der Waals surface area contributed by atoms with Crippen LogP contribution in [0.25, 0.3) is 0 Å². The van der Waals surface area contributed by atoms with E-state index in [1.165, 1.54) is 21.2 Å². The fourth-order valence-electron chi connectivity index (χ4n) is 8.21. The van der Waals surface area contributed by atoms with Crippen LogP contribution in [0.5, 0.6) is 17.2 Å². The van der Waals surface area contributed by atoms with Crippen molar-refractivity contribution in [1.82, 2.24) is 24.2 Å². The number of likely N-dealkylation sites (tertiary alicyclic amines) is 1. The van der Waals surface area contributed by atoms with Gasteiger partial charge in [-0.15, -0.1) is 0 Å². The summed E-state index contributed by atoms with van der Waals surface area (Å²) in [5, 5.41) is 0. The minimum absolute atomic E-state index is 0.0227.